The molecule has 0 unspecified atom stereocenters. The van der Waals surface area contributed by atoms with E-state index in [0.29, 0.717) is 10.0 Å². The van der Waals surface area contributed by atoms with Crippen molar-refractivity contribution in [3.05, 3.63) is 38.9 Å². The van der Waals surface area contributed by atoms with Crippen LogP contribution in [0.15, 0.2) is 28.3 Å². The van der Waals surface area contributed by atoms with Gasteiger partial charge in [0, 0.05) is 22.2 Å². The number of thiazole rings is 1. The highest BCUT2D eigenvalue weighted by atomic mass is 79.9. The first-order chi connectivity index (χ1) is 8.90. The molecule has 1 amide bonds. The molecule has 0 aliphatic rings. The van der Waals surface area contributed by atoms with Gasteiger partial charge in [0.1, 0.15) is 10.8 Å². The van der Waals surface area contributed by atoms with E-state index in [1.807, 2.05) is 19.2 Å². The van der Waals surface area contributed by atoms with Crippen LogP contribution in [0.1, 0.15) is 29.2 Å². The lowest BCUT2D eigenvalue weighted by Gasteiger charge is -2.24. The van der Waals surface area contributed by atoms with Gasteiger partial charge in [-0.1, -0.05) is 0 Å². The van der Waals surface area contributed by atoms with Crippen LogP contribution in [0, 0.1) is 0 Å². The molecule has 0 bridgehead atoms. The SMILES string of the molecule is CC(C)(NC(=O)c1cc(Br)cnc1N)c1nccs1. The fourth-order valence-electron chi connectivity index (χ4n) is 1.57. The fraction of sp³-hybridized carbons (Fsp3) is 0.250. The minimum absolute atomic E-state index is 0.204. The second kappa shape index (κ2) is 5.26. The lowest BCUT2D eigenvalue weighted by atomic mass is 10.1. The van der Waals surface area contributed by atoms with Gasteiger partial charge < -0.3 is 11.1 Å². The summed E-state index contributed by atoms with van der Waals surface area (Å²) >= 11 is 4.77. The number of aromatic nitrogens is 2. The van der Waals surface area contributed by atoms with Crippen LogP contribution in [0.5, 0.6) is 0 Å². The number of nitrogens with one attached hydrogen (secondary N) is 1. The molecule has 100 valence electrons. The first-order valence-electron chi connectivity index (χ1n) is 5.53. The summed E-state index contributed by atoms with van der Waals surface area (Å²) < 4.78 is 0.707. The molecule has 0 fully saturated rings. The van der Waals surface area contributed by atoms with Crippen molar-refractivity contribution in [1.82, 2.24) is 15.3 Å². The number of hydrogen-bond acceptors (Lipinski definition) is 5. The Labute approximate surface area is 123 Å². The van der Waals surface area contributed by atoms with Gasteiger partial charge in [0.05, 0.1) is 11.1 Å². The van der Waals surface area contributed by atoms with Crippen LogP contribution in [-0.2, 0) is 5.54 Å². The predicted octanol–water partition coefficient (Wildman–Crippen LogP) is 2.55. The first kappa shape index (κ1) is 14.0. The minimum atomic E-state index is -0.556. The van der Waals surface area contributed by atoms with Crippen LogP contribution in [0.4, 0.5) is 5.82 Å². The lowest BCUT2D eigenvalue weighted by molar-refractivity contribution is 0.0912. The van der Waals surface area contributed by atoms with Crippen molar-refractivity contribution in [3.8, 4) is 0 Å². The van der Waals surface area contributed by atoms with Crippen molar-refractivity contribution < 1.29 is 4.79 Å². The molecule has 0 spiro atoms. The zero-order valence-electron chi connectivity index (χ0n) is 10.5. The Bertz CT molecular complexity index is 598. The van der Waals surface area contributed by atoms with Gasteiger partial charge in [-0.15, -0.1) is 11.3 Å². The number of nitrogen functional groups attached to an aromatic ring is 1. The Kier molecular flexibility index (Phi) is 3.86. The Hall–Kier alpha value is -1.47. The van der Waals surface area contributed by atoms with E-state index in [-0.39, 0.29) is 11.7 Å². The number of carbonyl (C=O) groups is 1. The average Bonchev–Trinajstić information content (AvgIpc) is 2.86. The van der Waals surface area contributed by atoms with E-state index in [4.69, 9.17) is 5.73 Å². The van der Waals surface area contributed by atoms with Crippen molar-refractivity contribution >= 4 is 39.0 Å². The summed E-state index contributed by atoms with van der Waals surface area (Å²) in [6, 6.07) is 1.65. The number of pyridine rings is 1. The van der Waals surface area contributed by atoms with Crippen LogP contribution in [-0.4, -0.2) is 15.9 Å². The van der Waals surface area contributed by atoms with Crippen LogP contribution < -0.4 is 11.1 Å². The van der Waals surface area contributed by atoms with Crippen LogP contribution in [0.3, 0.4) is 0 Å². The summed E-state index contributed by atoms with van der Waals surface area (Å²) in [5.74, 6) is -0.0675. The predicted molar refractivity (Wildman–Crippen MR) is 79.0 cm³/mol. The zero-order valence-corrected chi connectivity index (χ0v) is 12.9. The quantitative estimate of drug-likeness (QED) is 0.899. The molecule has 0 aliphatic carbocycles. The number of amides is 1. The Morgan fingerprint density at radius 1 is 1.47 bits per heavy atom. The van der Waals surface area contributed by atoms with Crippen molar-refractivity contribution in [3.63, 3.8) is 0 Å². The Morgan fingerprint density at radius 2 is 2.21 bits per heavy atom. The molecule has 2 aromatic heterocycles. The molecule has 2 heterocycles. The number of nitrogens with two attached hydrogens (primary N) is 1. The van der Waals surface area contributed by atoms with Gasteiger partial charge >= 0.3 is 0 Å². The van der Waals surface area contributed by atoms with E-state index >= 15 is 0 Å². The van der Waals surface area contributed by atoms with Gasteiger partial charge in [0.2, 0.25) is 0 Å². The molecule has 0 atom stereocenters. The molecule has 2 aromatic rings. The maximum atomic E-state index is 12.3. The van der Waals surface area contributed by atoms with Crippen LogP contribution in [0.25, 0.3) is 0 Å². The summed E-state index contributed by atoms with van der Waals surface area (Å²) in [6.07, 6.45) is 3.26. The topological polar surface area (TPSA) is 80.9 Å². The van der Waals surface area contributed by atoms with Gasteiger partial charge in [-0.3, -0.25) is 4.79 Å². The van der Waals surface area contributed by atoms with E-state index in [0.717, 1.165) is 5.01 Å². The number of hydrogen-bond donors (Lipinski definition) is 2. The molecular weight excluding hydrogens is 328 g/mol. The second-order valence-electron chi connectivity index (χ2n) is 4.50. The molecule has 2 rings (SSSR count). The number of nitrogens with zero attached hydrogens (tertiary/aromatic N) is 2. The highest BCUT2D eigenvalue weighted by Gasteiger charge is 2.27. The number of carbonyl (C=O) groups excluding carboxylic acids is 1. The average molecular weight is 341 g/mol. The zero-order chi connectivity index (χ0) is 14.0. The molecule has 0 radical (unpaired) electrons. The molecular formula is C12H13BrN4OS. The van der Waals surface area contributed by atoms with Crippen molar-refractivity contribution in [2.75, 3.05) is 5.73 Å². The minimum Gasteiger partial charge on any atom is -0.383 e. The molecule has 0 saturated heterocycles. The largest absolute Gasteiger partial charge is 0.383 e. The van der Waals surface area contributed by atoms with Gasteiger partial charge in [-0.05, 0) is 35.8 Å². The van der Waals surface area contributed by atoms with E-state index in [2.05, 4.69) is 31.2 Å². The van der Waals surface area contributed by atoms with Crippen molar-refractivity contribution in [2.24, 2.45) is 0 Å². The maximum Gasteiger partial charge on any atom is 0.255 e. The maximum absolute atomic E-state index is 12.3. The molecule has 5 nitrogen and oxygen atoms in total. The summed E-state index contributed by atoms with van der Waals surface area (Å²) in [4.78, 5) is 20.4. The first-order valence-corrected chi connectivity index (χ1v) is 7.21. The van der Waals surface area contributed by atoms with E-state index in [1.54, 1.807) is 18.5 Å². The third kappa shape index (κ3) is 3.10. The molecule has 19 heavy (non-hydrogen) atoms. The monoisotopic (exact) mass is 340 g/mol. The summed E-state index contributed by atoms with van der Waals surface area (Å²) in [5, 5.41) is 5.62. The molecule has 0 aromatic carbocycles. The van der Waals surface area contributed by atoms with E-state index in [1.165, 1.54) is 11.3 Å². The molecule has 0 saturated carbocycles. The van der Waals surface area contributed by atoms with Crippen LogP contribution >= 0.6 is 27.3 Å². The lowest BCUT2D eigenvalue weighted by Crippen LogP contribution is -2.41. The van der Waals surface area contributed by atoms with Gasteiger partial charge in [0.15, 0.2) is 0 Å². The molecule has 3 N–H and O–H groups in total. The standard InChI is InChI=1S/C12H13BrN4OS/c1-12(2,11-15-3-4-19-11)17-10(18)8-5-7(13)6-16-9(8)14/h3-6H,1-2H3,(H2,14,16)(H,17,18). The molecule has 7 heteroatoms. The van der Waals surface area contributed by atoms with Gasteiger partial charge in [-0.25, -0.2) is 9.97 Å². The van der Waals surface area contributed by atoms with Crippen LogP contribution in [0.2, 0.25) is 0 Å². The van der Waals surface area contributed by atoms with Crippen molar-refractivity contribution in [2.45, 2.75) is 19.4 Å². The smallest absolute Gasteiger partial charge is 0.255 e. The summed E-state index contributed by atoms with van der Waals surface area (Å²) in [6.45, 7) is 3.79. The van der Waals surface area contributed by atoms with E-state index in [9.17, 15) is 4.79 Å². The van der Waals surface area contributed by atoms with Gasteiger partial charge in [0.25, 0.3) is 5.91 Å². The summed E-state index contributed by atoms with van der Waals surface area (Å²) in [7, 11) is 0. The number of halogens is 1. The second-order valence-corrected chi connectivity index (χ2v) is 6.31. The Morgan fingerprint density at radius 3 is 2.84 bits per heavy atom. The third-order valence-corrected chi connectivity index (χ3v) is 4.05. The third-order valence-electron chi connectivity index (χ3n) is 2.52. The highest BCUT2D eigenvalue weighted by Crippen LogP contribution is 2.23. The Balaban J connectivity index is 2.24. The highest BCUT2D eigenvalue weighted by molar-refractivity contribution is 9.10. The fourth-order valence-corrected chi connectivity index (χ4v) is 2.62. The normalized spacial score (nSPS) is 11.3. The van der Waals surface area contributed by atoms with Gasteiger partial charge in [-0.2, -0.15) is 0 Å². The number of anilines is 1. The summed E-state index contributed by atoms with van der Waals surface area (Å²) in [5.41, 5.74) is 5.51. The molecule has 0 aliphatic heterocycles. The van der Waals surface area contributed by atoms with Crippen molar-refractivity contribution in [1.29, 1.82) is 0 Å². The number of rotatable bonds is 3. The van der Waals surface area contributed by atoms with E-state index < -0.39 is 5.54 Å².